The molecule has 5 heteroatoms. The third-order valence-electron chi connectivity index (χ3n) is 5.02. The summed E-state index contributed by atoms with van der Waals surface area (Å²) in [6.45, 7) is 1.06. The lowest BCUT2D eigenvalue weighted by Crippen LogP contribution is -2.29. The van der Waals surface area contributed by atoms with Crippen molar-refractivity contribution in [3.05, 3.63) is 47.3 Å². The quantitative estimate of drug-likeness (QED) is 0.829. The molecule has 0 radical (unpaired) electrons. The lowest BCUT2D eigenvalue weighted by Gasteiger charge is -2.09. The van der Waals surface area contributed by atoms with E-state index >= 15 is 0 Å². The molecule has 4 rings (SSSR count). The van der Waals surface area contributed by atoms with Gasteiger partial charge in [-0.2, -0.15) is 5.10 Å². The van der Waals surface area contributed by atoms with Crippen molar-refractivity contribution in [3.8, 4) is 5.75 Å². The number of hydrogen-bond acceptors (Lipinski definition) is 3. The first kappa shape index (κ1) is 15.2. The Kier molecular flexibility index (Phi) is 4.00. The Labute approximate surface area is 142 Å². The topological polar surface area (TPSA) is 56.2 Å². The molecule has 5 nitrogen and oxygen atoms in total. The van der Waals surface area contributed by atoms with E-state index in [9.17, 15) is 4.79 Å². The van der Waals surface area contributed by atoms with Crippen LogP contribution < -0.4 is 10.1 Å². The van der Waals surface area contributed by atoms with Gasteiger partial charge in [0.25, 0.3) is 0 Å². The number of rotatable bonds is 6. The molecule has 1 saturated carbocycles. The highest BCUT2D eigenvalue weighted by atomic mass is 16.5. The van der Waals surface area contributed by atoms with Crippen molar-refractivity contribution in [2.24, 2.45) is 13.0 Å². The van der Waals surface area contributed by atoms with E-state index in [0.29, 0.717) is 19.1 Å². The van der Waals surface area contributed by atoms with Crippen molar-refractivity contribution in [1.29, 1.82) is 0 Å². The van der Waals surface area contributed by atoms with E-state index in [0.717, 1.165) is 24.2 Å². The van der Waals surface area contributed by atoms with Crippen LogP contribution in [0.1, 0.15) is 35.4 Å². The predicted octanol–water partition coefficient (Wildman–Crippen LogP) is 2.21. The van der Waals surface area contributed by atoms with E-state index in [1.54, 1.807) is 4.68 Å². The van der Waals surface area contributed by atoms with Gasteiger partial charge in [-0.25, -0.2) is 0 Å². The van der Waals surface area contributed by atoms with Crippen LogP contribution in [-0.2, 0) is 24.7 Å². The maximum Gasteiger partial charge on any atom is 0.223 e. The summed E-state index contributed by atoms with van der Waals surface area (Å²) in [5, 5.41) is 7.15. The molecule has 0 bridgehead atoms. The van der Waals surface area contributed by atoms with E-state index in [2.05, 4.69) is 22.5 Å². The van der Waals surface area contributed by atoms with E-state index in [-0.39, 0.29) is 11.8 Å². The maximum absolute atomic E-state index is 12.2. The van der Waals surface area contributed by atoms with Crippen molar-refractivity contribution in [3.63, 3.8) is 0 Å². The molecule has 1 amide bonds. The van der Waals surface area contributed by atoms with Gasteiger partial charge in [-0.1, -0.05) is 6.07 Å². The van der Waals surface area contributed by atoms with Crippen LogP contribution in [0.4, 0.5) is 0 Å². The standard InChI is InChI=1S/C19H23N3O2/c1-22-12-15(11-21-22)17-10-18(17)19(23)20-7-8-24-16-6-5-13-3-2-4-14(13)9-16/h5-6,9,11-12,17-18H,2-4,7-8,10H2,1H3,(H,20,23)/t17-,18-/m1/s1. The van der Waals surface area contributed by atoms with Crippen LogP contribution in [0.25, 0.3) is 0 Å². The van der Waals surface area contributed by atoms with Gasteiger partial charge in [-0.05, 0) is 60.4 Å². The fourth-order valence-electron chi connectivity index (χ4n) is 3.60. The van der Waals surface area contributed by atoms with Gasteiger partial charge >= 0.3 is 0 Å². The predicted molar refractivity (Wildman–Crippen MR) is 91.0 cm³/mol. The van der Waals surface area contributed by atoms with Crippen LogP contribution >= 0.6 is 0 Å². The Hall–Kier alpha value is -2.30. The summed E-state index contributed by atoms with van der Waals surface area (Å²) in [6.07, 6.45) is 8.35. The average molecular weight is 325 g/mol. The summed E-state index contributed by atoms with van der Waals surface area (Å²) in [5.41, 5.74) is 4.02. The molecule has 2 aliphatic carbocycles. The van der Waals surface area contributed by atoms with Crippen LogP contribution in [0.15, 0.2) is 30.6 Å². The molecule has 2 aliphatic rings. The second-order valence-electron chi connectivity index (χ2n) is 6.82. The van der Waals surface area contributed by atoms with Crippen LogP contribution in [0, 0.1) is 5.92 Å². The van der Waals surface area contributed by atoms with Crippen LogP contribution in [0.2, 0.25) is 0 Å². The fraction of sp³-hybridized carbons (Fsp3) is 0.474. The number of nitrogens with one attached hydrogen (secondary N) is 1. The number of carbonyl (C=O) groups is 1. The van der Waals surface area contributed by atoms with Gasteiger partial charge in [0.2, 0.25) is 5.91 Å². The summed E-state index contributed by atoms with van der Waals surface area (Å²) >= 11 is 0. The first-order valence-electron chi connectivity index (χ1n) is 8.71. The van der Waals surface area contributed by atoms with Gasteiger partial charge in [-0.15, -0.1) is 0 Å². The number of amides is 1. The molecule has 2 atom stereocenters. The molecule has 24 heavy (non-hydrogen) atoms. The number of fused-ring (bicyclic) bond motifs is 1. The summed E-state index contributed by atoms with van der Waals surface area (Å²) in [4.78, 5) is 12.2. The molecule has 0 unspecified atom stereocenters. The summed E-state index contributed by atoms with van der Waals surface area (Å²) < 4.78 is 7.55. The highest BCUT2D eigenvalue weighted by molar-refractivity contribution is 5.82. The lowest BCUT2D eigenvalue weighted by molar-refractivity contribution is -0.122. The molecule has 1 aromatic carbocycles. The number of ether oxygens (including phenoxy) is 1. The van der Waals surface area contributed by atoms with E-state index < -0.39 is 0 Å². The first-order valence-corrected chi connectivity index (χ1v) is 8.71. The molecule has 0 saturated heterocycles. The van der Waals surface area contributed by atoms with Gasteiger partial charge in [0.15, 0.2) is 0 Å². The van der Waals surface area contributed by atoms with Crippen LogP contribution in [0.5, 0.6) is 5.75 Å². The minimum absolute atomic E-state index is 0.0918. The third-order valence-corrected chi connectivity index (χ3v) is 5.02. The molecular weight excluding hydrogens is 302 g/mol. The molecular formula is C19H23N3O2. The molecule has 1 aromatic heterocycles. The lowest BCUT2D eigenvalue weighted by atomic mass is 10.1. The number of aryl methyl sites for hydroxylation is 3. The van der Waals surface area contributed by atoms with Crippen molar-refractivity contribution >= 4 is 5.91 Å². The second kappa shape index (κ2) is 6.30. The Balaban J connectivity index is 1.20. The van der Waals surface area contributed by atoms with E-state index in [4.69, 9.17) is 4.74 Å². The number of benzene rings is 1. The number of carbonyl (C=O) groups excluding carboxylic acids is 1. The molecule has 2 aromatic rings. The molecule has 0 aliphatic heterocycles. The Morgan fingerprint density at radius 1 is 1.38 bits per heavy atom. The van der Waals surface area contributed by atoms with Gasteiger partial charge in [0, 0.05) is 19.2 Å². The smallest absolute Gasteiger partial charge is 0.223 e. The van der Waals surface area contributed by atoms with E-state index in [1.165, 1.54) is 24.0 Å². The molecule has 1 N–H and O–H groups in total. The van der Waals surface area contributed by atoms with Gasteiger partial charge in [-0.3, -0.25) is 9.48 Å². The van der Waals surface area contributed by atoms with Crippen molar-refractivity contribution in [2.45, 2.75) is 31.6 Å². The van der Waals surface area contributed by atoms with Crippen LogP contribution in [-0.4, -0.2) is 28.8 Å². The Bertz CT molecular complexity index is 753. The summed E-state index contributed by atoms with van der Waals surface area (Å²) in [5.74, 6) is 1.46. The van der Waals surface area contributed by atoms with Crippen molar-refractivity contribution in [1.82, 2.24) is 15.1 Å². The van der Waals surface area contributed by atoms with Crippen LogP contribution in [0.3, 0.4) is 0 Å². The number of nitrogens with zero attached hydrogens (tertiary/aromatic N) is 2. The van der Waals surface area contributed by atoms with Gasteiger partial charge in [0.1, 0.15) is 12.4 Å². The molecule has 0 spiro atoms. The number of hydrogen-bond donors (Lipinski definition) is 1. The monoisotopic (exact) mass is 325 g/mol. The molecule has 126 valence electrons. The van der Waals surface area contributed by atoms with Crippen molar-refractivity contribution in [2.75, 3.05) is 13.2 Å². The van der Waals surface area contributed by atoms with Crippen molar-refractivity contribution < 1.29 is 9.53 Å². The highest BCUT2D eigenvalue weighted by Crippen LogP contribution is 2.47. The Morgan fingerprint density at radius 3 is 3.08 bits per heavy atom. The summed E-state index contributed by atoms with van der Waals surface area (Å²) in [7, 11) is 1.90. The maximum atomic E-state index is 12.2. The second-order valence-corrected chi connectivity index (χ2v) is 6.82. The first-order chi connectivity index (χ1) is 11.7. The van der Waals surface area contributed by atoms with Gasteiger partial charge < -0.3 is 10.1 Å². The highest BCUT2D eigenvalue weighted by Gasteiger charge is 2.44. The largest absolute Gasteiger partial charge is 0.492 e. The molecule has 1 heterocycles. The SMILES string of the molecule is Cn1cc([C@H]2C[C@H]2C(=O)NCCOc2ccc3c(c2)CCC3)cn1. The zero-order valence-electron chi connectivity index (χ0n) is 14.0. The zero-order chi connectivity index (χ0) is 16.5. The minimum atomic E-state index is 0.0918. The normalized spacial score (nSPS) is 21.4. The average Bonchev–Trinajstić information content (AvgIpc) is 3.04. The number of aromatic nitrogens is 2. The summed E-state index contributed by atoms with van der Waals surface area (Å²) in [6, 6.07) is 6.34. The van der Waals surface area contributed by atoms with E-state index in [1.807, 2.05) is 25.5 Å². The Morgan fingerprint density at radius 2 is 2.25 bits per heavy atom. The minimum Gasteiger partial charge on any atom is -0.492 e. The zero-order valence-corrected chi connectivity index (χ0v) is 14.0. The fourth-order valence-corrected chi connectivity index (χ4v) is 3.60. The van der Waals surface area contributed by atoms with Gasteiger partial charge in [0.05, 0.1) is 12.7 Å². The molecule has 1 fully saturated rings. The third kappa shape index (κ3) is 3.16.